The van der Waals surface area contributed by atoms with E-state index in [4.69, 9.17) is 16.2 Å². The number of halogens is 2. The number of nitrogens with zero attached hydrogens (tertiary/aromatic N) is 4. The van der Waals surface area contributed by atoms with Crippen molar-refractivity contribution in [1.29, 1.82) is 0 Å². The molecule has 0 bridgehead atoms. The van der Waals surface area contributed by atoms with Crippen molar-refractivity contribution < 1.29 is 23.7 Å². The van der Waals surface area contributed by atoms with Gasteiger partial charge in [-0.3, -0.25) is 4.90 Å². The molecule has 4 heterocycles. The van der Waals surface area contributed by atoms with Crippen LogP contribution in [0.5, 0.6) is 0 Å². The van der Waals surface area contributed by atoms with Crippen molar-refractivity contribution in [1.82, 2.24) is 19.4 Å². The molecule has 1 unspecified atom stereocenters. The molecule has 2 aromatic heterocycles. The third-order valence-electron chi connectivity index (χ3n) is 5.63. The minimum Gasteiger partial charge on any atom is -0.387 e. The van der Waals surface area contributed by atoms with Gasteiger partial charge in [-0.25, -0.2) is 18.7 Å². The van der Waals surface area contributed by atoms with Gasteiger partial charge in [-0.2, -0.15) is 0 Å². The largest absolute Gasteiger partial charge is 0.387 e. The van der Waals surface area contributed by atoms with Gasteiger partial charge in [0.15, 0.2) is 6.23 Å². The Morgan fingerprint density at radius 2 is 2.07 bits per heavy atom. The van der Waals surface area contributed by atoms with Crippen LogP contribution in [-0.2, 0) is 4.74 Å². The Bertz CT molecular complexity index is 849. The van der Waals surface area contributed by atoms with Crippen LogP contribution < -0.4 is 11.5 Å². The Morgan fingerprint density at radius 3 is 2.82 bits per heavy atom. The minimum absolute atomic E-state index is 0.0442. The average molecular weight is 398 g/mol. The van der Waals surface area contributed by atoms with Crippen LogP contribution in [-0.4, -0.2) is 79.6 Å². The van der Waals surface area contributed by atoms with Gasteiger partial charge in [0, 0.05) is 31.7 Å². The molecule has 28 heavy (non-hydrogen) atoms. The fourth-order valence-electron chi connectivity index (χ4n) is 4.08. The van der Waals surface area contributed by atoms with E-state index in [0.29, 0.717) is 11.0 Å². The van der Waals surface area contributed by atoms with Crippen LogP contribution in [0.1, 0.15) is 19.1 Å². The second kappa shape index (κ2) is 7.16. The number of rotatable bonds is 4. The van der Waals surface area contributed by atoms with Crippen molar-refractivity contribution in [2.75, 3.05) is 25.4 Å². The van der Waals surface area contributed by atoms with Crippen molar-refractivity contribution in [3.05, 3.63) is 18.6 Å². The van der Waals surface area contributed by atoms with E-state index in [-0.39, 0.29) is 37.8 Å². The van der Waals surface area contributed by atoms with Gasteiger partial charge < -0.3 is 31.0 Å². The number of nitrogens with two attached hydrogens (primary N) is 2. The Hall–Kier alpha value is -1.92. The summed E-state index contributed by atoms with van der Waals surface area (Å²) in [6.07, 6.45) is -1.26. The Balaban J connectivity index is 1.55. The molecular formula is C17H24F2N6O3. The van der Waals surface area contributed by atoms with E-state index in [1.54, 1.807) is 21.7 Å². The lowest BCUT2D eigenvalue weighted by Gasteiger charge is -2.40. The van der Waals surface area contributed by atoms with E-state index in [1.165, 1.54) is 6.33 Å². The monoisotopic (exact) mass is 398 g/mol. The van der Waals surface area contributed by atoms with Crippen LogP contribution in [0.2, 0.25) is 0 Å². The molecule has 2 saturated heterocycles. The van der Waals surface area contributed by atoms with Gasteiger partial charge >= 0.3 is 0 Å². The van der Waals surface area contributed by atoms with Gasteiger partial charge in [-0.05, 0) is 12.5 Å². The Morgan fingerprint density at radius 1 is 1.29 bits per heavy atom. The van der Waals surface area contributed by atoms with Gasteiger partial charge in [-0.1, -0.05) is 0 Å². The molecule has 0 aliphatic carbocycles. The zero-order valence-electron chi connectivity index (χ0n) is 15.2. The smallest absolute Gasteiger partial charge is 0.260 e. The molecular weight excluding hydrogens is 374 g/mol. The summed E-state index contributed by atoms with van der Waals surface area (Å²) in [6, 6.07) is 1.47. The second-order valence-electron chi connectivity index (χ2n) is 7.48. The number of piperidine rings is 1. The highest BCUT2D eigenvalue weighted by Crippen LogP contribution is 2.35. The highest BCUT2D eigenvalue weighted by atomic mass is 19.3. The molecule has 0 spiro atoms. The zero-order chi connectivity index (χ0) is 20.1. The van der Waals surface area contributed by atoms with Crippen LogP contribution >= 0.6 is 0 Å². The first kappa shape index (κ1) is 19.4. The maximum absolute atomic E-state index is 13.9. The first-order valence-electron chi connectivity index (χ1n) is 9.21. The lowest BCUT2D eigenvalue weighted by molar-refractivity contribution is -0.104. The standard InChI is InChI=1S/C17H24F2N6O3/c18-17(19)3-1-9(5-20)24(7-17)6-11-12(26)13(27)16(28-11)25-4-2-10-14(21)22-8-23-15(10)25/h2,4,8-9,11-13,16,26-27H,1,3,5-7,20H2,(H2,21,22,23)/t9?,11-,12-,13-,16-/m1/s1. The van der Waals surface area contributed by atoms with Gasteiger partial charge in [0.1, 0.15) is 36.1 Å². The number of aromatic nitrogens is 3. The number of ether oxygens (including phenoxy) is 1. The summed E-state index contributed by atoms with van der Waals surface area (Å²) in [5.41, 5.74) is 12.0. The van der Waals surface area contributed by atoms with Gasteiger partial charge in [-0.15, -0.1) is 0 Å². The molecule has 2 aliphatic rings. The average Bonchev–Trinajstić information content (AvgIpc) is 3.19. The number of hydrogen-bond acceptors (Lipinski definition) is 8. The van der Waals surface area contributed by atoms with Crippen molar-refractivity contribution in [3.63, 3.8) is 0 Å². The van der Waals surface area contributed by atoms with Crippen molar-refractivity contribution >= 4 is 16.9 Å². The molecule has 2 aliphatic heterocycles. The summed E-state index contributed by atoms with van der Waals surface area (Å²) in [5, 5.41) is 21.6. The fraction of sp³-hybridized carbons (Fsp3) is 0.647. The molecule has 2 fully saturated rings. The lowest BCUT2D eigenvalue weighted by Crippen LogP contribution is -2.54. The maximum atomic E-state index is 13.9. The summed E-state index contributed by atoms with van der Waals surface area (Å²) in [6.45, 7) is -0.162. The van der Waals surface area contributed by atoms with Crippen LogP contribution in [0.4, 0.5) is 14.6 Å². The molecule has 6 N–H and O–H groups in total. The van der Waals surface area contributed by atoms with E-state index in [2.05, 4.69) is 9.97 Å². The normalized spacial score (nSPS) is 33.5. The summed E-state index contributed by atoms with van der Waals surface area (Å²) in [4.78, 5) is 9.62. The molecule has 0 saturated carbocycles. The number of alkyl halides is 2. The predicted molar refractivity (Wildman–Crippen MR) is 96.5 cm³/mol. The predicted octanol–water partition coefficient (Wildman–Crippen LogP) is -0.309. The molecule has 0 aromatic carbocycles. The number of fused-ring (bicyclic) bond motifs is 1. The third kappa shape index (κ3) is 3.33. The van der Waals surface area contributed by atoms with Crippen LogP contribution in [0.15, 0.2) is 18.6 Å². The van der Waals surface area contributed by atoms with E-state index in [0.717, 1.165) is 0 Å². The molecule has 0 radical (unpaired) electrons. The minimum atomic E-state index is -2.81. The van der Waals surface area contributed by atoms with Crippen LogP contribution in [0.3, 0.4) is 0 Å². The quantitative estimate of drug-likeness (QED) is 0.551. The van der Waals surface area contributed by atoms with Crippen molar-refractivity contribution in [2.24, 2.45) is 5.73 Å². The summed E-state index contributed by atoms with van der Waals surface area (Å²) in [5.74, 6) is -2.52. The van der Waals surface area contributed by atoms with E-state index >= 15 is 0 Å². The number of anilines is 1. The summed E-state index contributed by atoms with van der Waals surface area (Å²) in [7, 11) is 0. The number of likely N-dealkylation sites (tertiary alicyclic amines) is 1. The number of aliphatic hydroxyl groups excluding tert-OH is 2. The molecule has 0 amide bonds. The molecule has 5 atom stereocenters. The molecule has 4 rings (SSSR count). The molecule has 154 valence electrons. The van der Waals surface area contributed by atoms with Crippen LogP contribution in [0, 0.1) is 0 Å². The zero-order valence-corrected chi connectivity index (χ0v) is 15.2. The summed E-state index contributed by atoms with van der Waals surface area (Å²) < 4.78 is 35.2. The molecule has 9 nitrogen and oxygen atoms in total. The van der Waals surface area contributed by atoms with Gasteiger partial charge in [0.05, 0.1) is 11.9 Å². The number of nitrogen functional groups attached to an aromatic ring is 1. The van der Waals surface area contributed by atoms with Crippen LogP contribution in [0.25, 0.3) is 11.0 Å². The highest BCUT2D eigenvalue weighted by molar-refractivity contribution is 5.86. The topological polar surface area (TPSA) is 136 Å². The number of hydrogen-bond donors (Lipinski definition) is 4. The van der Waals surface area contributed by atoms with E-state index in [9.17, 15) is 19.0 Å². The van der Waals surface area contributed by atoms with E-state index < -0.39 is 37.0 Å². The van der Waals surface area contributed by atoms with Crippen molar-refractivity contribution in [3.8, 4) is 0 Å². The summed E-state index contributed by atoms with van der Waals surface area (Å²) >= 11 is 0. The SMILES string of the molecule is NCC1CCC(F)(F)CN1C[C@H]1O[C@@H](n2ccc3c(N)ncnc32)[C@H](O)[C@@H]1O. The maximum Gasteiger partial charge on any atom is 0.260 e. The van der Waals surface area contributed by atoms with Gasteiger partial charge in [0.25, 0.3) is 5.92 Å². The highest BCUT2D eigenvalue weighted by Gasteiger charge is 2.47. The lowest BCUT2D eigenvalue weighted by atomic mass is 9.98. The molecule has 2 aromatic rings. The number of aliphatic hydroxyl groups is 2. The second-order valence-corrected chi connectivity index (χ2v) is 7.48. The first-order valence-corrected chi connectivity index (χ1v) is 9.21. The fourth-order valence-corrected chi connectivity index (χ4v) is 4.08. The first-order chi connectivity index (χ1) is 13.3. The van der Waals surface area contributed by atoms with E-state index in [1.807, 2.05) is 0 Å². The Kier molecular flexibility index (Phi) is 4.96. The van der Waals surface area contributed by atoms with Gasteiger partial charge in [0.2, 0.25) is 0 Å². The molecule has 11 heteroatoms. The Labute approximate surface area is 159 Å². The van der Waals surface area contributed by atoms with Crippen molar-refractivity contribution in [2.45, 2.75) is 49.3 Å². The third-order valence-corrected chi connectivity index (χ3v) is 5.63.